The molecular formula is C22H31N5O3. The molecule has 2 aliphatic rings. The number of para-hydroxylation sites is 1. The molecule has 2 aromatic rings. The smallest absolute Gasteiger partial charge is 0.352 e. The number of aryl methyl sites for hydroxylation is 1. The molecule has 4 rings (SSSR count). The first-order chi connectivity index (χ1) is 14.4. The molecule has 1 aromatic heterocycles. The summed E-state index contributed by atoms with van der Waals surface area (Å²) in [5.74, 6) is -0.679. The highest BCUT2D eigenvalue weighted by Gasteiger charge is 2.25. The Labute approximate surface area is 177 Å². The van der Waals surface area contributed by atoms with Crippen LogP contribution in [0.3, 0.4) is 0 Å². The van der Waals surface area contributed by atoms with E-state index >= 15 is 0 Å². The first-order valence-electron chi connectivity index (χ1n) is 10.6. The second-order valence-electron chi connectivity index (χ2n) is 8.49. The third kappa shape index (κ3) is 4.35. The second kappa shape index (κ2) is 8.75. The Kier molecular flexibility index (Phi) is 6.08. The zero-order valence-corrected chi connectivity index (χ0v) is 17.9. The number of aromatic nitrogens is 1. The van der Waals surface area contributed by atoms with Crippen LogP contribution >= 0.6 is 0 Å². The summed E-state index contributed by atoms with van der Waals surface area (Å²) >= 11 is 0. The lowest BCUT2D eigenvalue weighted by molar-refractivity contribution is -0.134. The van der Waals surface area contributed by atoms with Gasteiger partial charge in [0.05, 0.1) is 12.1 Å². The van der Waals surface area contributed by atoms with E-state index in [4.69, 9.17) is 0 Å². The molecule has 2 fully saturated rings. The Morgan fingerprint density at radius 3 is 2.27 bits per heavy atom. The van der Waals surface area contributed by atoms with Gasteiger partial charge in [0, 0.05) is 71.3 Å². The Balaban J connectivity index is 1.35. The number of carboxylic acids is 1. The SMILES string of the molecule is CN1CCN(CC(=O)N2CCN(Cc3cccc4cc(C(=O)O)n(C)c34)CC2)CC1. The first-order valence-corrected chi connectivity index (χ1v) is 10.6. The van der Waals surface area contributed by atoms with Crippen molar-refractivity contribution >= 4 is 22.8 Å². The molecule has 0 bridgehead atoms. The van der Waals surface area contributed by atoms with E-state index in [0.29, 0.717) is 12.2 Å². The third-order valence-electron chi connectivity index (χ3n) is 6.43. The molecule has 1 amide bonds. The summed E-state index contributed by atoms with van der Waals surface area (Å²) < 4.78 is 1.77. The molecule has 8 heteroatoms. The van der Waals surface area contributed by atoms with E-state index in [1.807, 2.05) is 24.1 Å². The molecule has 2 saturated heterocycles. The van der Waals surface area contributed by atoms with Gasteiger partial charge in [0.1, 0.15) is 5.69 Å². The number of carbonyl (C=O) groups is 2. The molecule has 2 aliphatic heterocycles. The first kappa shape index (κ1) is 20.8. The third-order valence-corrected chi connectivity index (χ3v) is 6.43. The zero-order chi connectivity index (χ0) is 21.3. The molecule has 0 radical (unpaired) electrons. The van der Waals surface area contributed by atoms with Gasteiger partial charge in [-0.3, -0.25) is 14.6 Å². The predicted molar refractivity (Wildman–Crippen MR) is 116 cm³/mol. The molecule has 0 aliphatic carbocycles. The van der Waals surface area contributed by atoms with E-state index in [1.165, 1.54) is 0 Å². The lowest BCUT2D eigenvalue weighted by Gasteiger charge is -2.37. The number of likely N-dealkylation sites (N-methyl/N-ethyl adjacent to an activating group) is 1. The largest absolute Gasteiger partial charge is 0.477 e. The van der Waals surface area contributed by atoms with Crippen molar-refractivity contribution < 1.29 is 14.7 Å². The lowest BCUT2D eigenvalue weighted by atomic mass is 10.1. The van der Waals surface area contributed by atoms with Crippen LogP contribution in [0.25, 0.3) is 10.9 Å². The van der Waals surface area contributed by atoms with Crippen molar-refractivity contribution in [3.05, 3.63) is 35.5 Å². The minimum absolute atomic E-state index is 0.231. The number of amides is 1. The van der Waals surface area contributed by atoms with Gasteiger partial charge >= 0.3 is 5.97 Å². The van der Waals surface area contributed by atoms with Gasteiger partial charge in [-0.25, -0.2) is 4.79 Å². The van der Waals surface area contributed by atoms with Gasteiger partial charge in [0.2, 0.25) is 5.91 Å². The van der Waals surface area contributed by atoms with Crippen LogP contribution in [0, 0.1) is 0 Å². The molecule has 3 heterocycles. The van der Waals surface area contributed by atoms with Gasteiger partial charge in [-0.05, 0) is 18.7 Å². The van der Waals surface area contributed by atoms with Gasteiger partial charge in [-0.15, -0.1) is 0 Å². The Morgan fingerprint density at radius 1 is 0.933 bits per heavy atom. The fraction of sp³-hybridized carbons (Fsp3) is 0.545. The highest BCUT2D eigenvalue weighted by Crippen LogP contribution is 2.24. The number of benzene rings is 1. The number of carboxylic acid groups (broad SMARTS) is 1. The van der Waals surface area contributed by atoms with Crippen LogP contribution in [0.15, 0.2) is 24.3 Å². The highest BCUT2D eigenvalue weighted by molar-refractivity contribution is 5.95. The molecule has 30 heavy (non-hydrogen) atoms. The molecule has 0 saturated carbocycles. The molecule has 1 aromatic carbocycles. The van der Waals surface area contributed by atoms with E-state index in [2.05, 4.69) is 27.8 Å². The molecule has 0 unspecified atom stereocenters. The van der Waals surface area contributed by atoms with Crippen molar-refractivity contribution in [1.82, 2.24) is 24.2 Å². The van der Waals surface area contributed by atoms with Crippen LogP contribution in [-0.2, 0) is 18.4 Å². The summed E-state index contributed by atoms with van der Waals surface area (Å²) in [5, 5.41) is 10.4. The number of fused-ring (bicyclic) bond motifs is 1. The quantitative estimate of drug-likeness (QED) is 0.781. The maximum absolute atomic E-state index is 12.7. The summed E-state index contributed by atoms with van der Waals surface area (Å²) in [6.45, 7) is 8.41. The van der Waals surface area contributed by atoms with E-state index in [1.54, 1.807) is 10.6 Å². The van der Waals surface area contributed by atoms with Crippen molar-refractivity contribution in [1.29, 1.82) is 0 Å². The number of nitrogens with zero attached hydrogens (tertiary/aromatic N) is 5. The van der Waals surface area contributed by atoms with Crippen LogP contribution < -0.4 is 0 Å². The average Bonchev–Trinajstić information content (AvgIpc) is 3.08. The van der Waals surface area contributed by atoms with E-state index in [0.717, 1.165) is 75.4 Å². The maximum Gasteiger partial charge on any atom is 0.352 e. The number of rotatable bonds is 5. The fourth-order valence-electron chi connectivity index (χ4n) is 4.53. The van der Waals surface area contributed by atoms with Crippen LogP contribution in [0.5, 0.6) is 0 Å². The molecule has 1 N–H and O–H groups in total. The molecule has 8 nitrogen and oxygen atoms in total. The normalized spacial score (nSPS) is 19.5. The minimum atomic E-state index is -0.910. The zero-order valence-electron chi connectivity index (χ0n) is 17.9. The van der Waals surface area contributed by atoms with Gasteiger partial charge in [-0.1, -0.05) is 18.2 Å². The van der Waals surface area contributed by atoms with E-state index in [9.17, 15) is 14.7 Å². The lowest BCUT2D eigenvalue weighted by Crippen LogP contribution is -2.53. The van der Waals surface area contributed by atoms with E-state index in [-0.39, 0.29) is 5.91 Å². The van der Waals surface area contributed by atoms with Gasteiger partial charge < -0.3 is 19.5 Å². The summed E-state index contributed by atoms with van der Waals surface area (Å²) in [5.41, 5.74) is 2.40. The van der Waals surface area contributed by atoms with E-state index < -0.39 is 5.97 Å². The molecule has 0 atom stereocenters. The number of hydrogen-bond donors (Lipinski definition) is 1. The van der Waals surface area contributed by atoms with Crippen molar-refractivity contribution in [2.45, 2.75) is 6.54 Å². The van der Waals surface area contributed by atoms with Crippen LogP contribution in [-0.4, -0.2) is 107 Å². The minimum Gasteiger partial charge on any atom is -0.477 e. The number of carbonyl (C=O) groups excluding carboxylic acids is 1. The summed E-state index contributed by atoms with van der Waals surface area (Å²) in [7, 11) is 3.93. The molecular weight excluding hydrogens is 382 g/mol. The van der Waals surface area contributed by atoms with Crippen LogP contribution in [0.2, 0.25) is 0 Å². The van der Waals surface area contributed by atoms with Gasteiger partial charge in [0.25, 0.3) is 0 Å². The standard InChI is InChI=1S/C22H31N5O3/c1-23-6-8-26(9-7-23)16-20(28)27-12-10-25(11-13-27)15-18-5-3-4-17-14-19(22(29)30)24(2)21(17)18/h3-5,14H,6-13,15-16H2,1-2H3,(H,29,30). The summed E-state index contributed by atoms with van der Waals surface area (Å²) in [4.78, 5) is 33.1. The van der Waals surface area contributed by atoms with Crippen LogP contribution in [0.4, 0.5) is 0 Å². The monoisotopic (exact) mass is 413 g/mol. The Hall–Kier alpha value is -2.42. The second-order valence-corrected chi connectivity index (χ2v) is 8.49. The number of hydrogen-bond acceptors (Lipinski definition) is 5. The van der Waals surface area contributed by atoms with Crippen molar-refractivity contribution in [3.63, 3.8) is 0 Å². The Morgan fingerprint density at radius 2 is 1.60 bits per heavy atom. The fourth-order valence-corrected chi connectivity index (χ4v) is 4.53. The average molecular weight is 414 g/mol. The highest BCUT2D eigenvalue weighted by atomic mass is 16.4. The van der Waals surface area contributed by atoms with Crippen LogP contribution in [0.1, 0.15) is 16.1 Å². The molecule has 0 spiro atoms. The number of aromatic carboxylic acids is 1. The predicted octanol–water partition coefficient (Wildman–Crippen LogP) is 0.768. The topological polar surface area (TPSA) is 72.3 Å². The van der Waals surface area contributed by atoms with Gasteiger partial charge in [-0.2, -0.15) is 0 Å². The number of piperazine rings is 2. The van der Waals surface area contributed by atoms with Crippen molar-refractivity contribution in [2.75, 3.05) is 66.0 Å². The summed E-state index contributed by atoms with van der Waals surface area (Å²) in [6.07, 6.45) is 0. The summed E-state index contributed by atoms with van der Waals surface area (Å²) in [6, 6.07) is 7.74. The maximum atomic E-state index is 12.7. The molecule has 162 valence electrons. The van der Waals surface area contributed by atoms with Gasteiger partial charge in [0.15, 0.2) is 0 Å². The Bertz CT molecular complexity index is 924. The van der Waals surface area contributed by atoms with Crippen molar-refractivity contribution in [2.24, 2.45) is 7.05 Å². The van der Waals surface area contributed by atoms with Crippen molar-refractivity contribution in [3.8, 4) is 0 Å².